The molecule has 0 N–H and O–H groups in total. The van der Waals surface area contributed by atoms with E-state index in [9.17, 15) is 10.1 Å². The molecule has 0 amide bonds. The van der Waals surface area contributed by atoms with Gasteiger partial charge in [-0.2, -0.15) is 0 Å². The largest absolute Gasteiger partial charge is 0.269 e. The predicted molar refractivity (Wildman–Crippen MR) is 84.6 cm³/mol. The van der Waals surface area contributed by atoms with E-state index < -0.39 is 4.92 Å². The molecule has 1 unspecified atom stereocenters. The van der Waals surface area contributed by atoms with Crippen molar-refractivity contribution in [1.82, 2.24) is 0 Å². The normalized spacial score (nSPS) is 12.2. The minimum Gasteiger partial charge on any atom is -0.258 e. The molecule has 3 rings (SSSR count). The van der Waals surface area contributed by atoms with Crippen molar-refractivity contribution < 1.29 is 4.92 Å². The Bertz CT molecular complexity index is 799. The molecule has 4 heteroatoms. The zero-order valence-electron chi connectivity index (χ0n) is 11.3. The summed E-state index contributed by atoms with van der Waals surface area (Å²) in [5.74, 6) is -0.296. The fourth-order valence-corrected chi connectivity index (χ4v) is 2.40. The zero-order valence-corrected chi connectivity index (χ0v) is 11.3. The standard InChI is InChI=1S/C17H12BNO2/c18-17(13-7-9-16(10-8-13)19(20)21)15-6-5-12-3-1-2-4-14(12)11-15/h1-11,17H. The van der Waals surface area contributed by atoms with Crippen LogP contribution in [0.1, 0.15) is 16.9 Å². The van der Waals surface area contributed by atoms with E-state index in [1.807, 2.05) is 30.3 Å². The molecule has 3 aromatic rings. The summed E-state index contributed by atoms with van der Waals surface area (Å²) in [6.07, 6.45) is 0. The van der Waals surface area contributed by atoms with Gasteiger partial charge in [-0.3, -0.25) is 10.1 Å². The molecule has 0 saturated carbocycles. The maximum absolute atomic E-state index is 10.7. The Kier molecular flexibility index (Phi) is 3.44. The van der Waals surface area contributed by atoms with Gasteiger partial charge in [0.15, 0.2) is 0 Å². The van der Waals surface area contributed by atoms with Gasteiger partial charge in [0.2, 0.25) is 0 Å². The highest BCUT2D eigenvalue weighted by atomic mass is 16.6. The van der Waals surface area contributed by atoms with Gasteiger partial charge in [-0.15, -0.1) is 0 Å². The summed E-state index contributed by atoms with van der Waals surface area (Å²) in [4.78, 5) is 10.3. The third kappa shape index (κ3) is 2.65. The summed E-state index contributed by atoms with van der Waals surface area (Å²) in [7, 11) is 6.26. The fraction of sp³-hybridized carbons (Fsp3) is 0.0588. The van der Waals surface area contributed by atoms with Gasteiger partial charge in [-0.05, 0) is 27.7 Å². The Morgan fingerprint density at radius 2 is 1.48 bits per heavy atom. The lowest BCUT2D eigenvalue weighted by atomic mass is 9.75. The summed E-state index contributed by atoms with van der Waals surface area (Å²) >= 11 is 0. The van der Waals surface area contributed by atoms with E-state index in [4.69, 9.17) is 7.85 Å². The van der Waals surface area contributed by atoms with Gasteiger partial charge in [0.05, 0.1) is 12.8 Å². The third-order valence-electron chi connectivity index (χ3n) is 3.60. The summed E-state index contributed by atoms with van der Waals surface area (Å²) in [6, 6.07) is 20.5. The quantitative estimate of drug-likeness (QED) is 0.411. The van der Waals surface area contributed by atoms with E-state index in [2.05, 4.69) is 12.1 Å². The van der Waals surface area contributed by atoms with Crippen LogP contribution in [-0.2, 0) is 0 Å². The van der Waals surface area contributed by atoms with Crippen molar-refractivity contribution in [2.75, 3.05) is 0 Å². The Hall–Kier alpha value is -2.62. The highest BCUT2D eigenvalue weighted by molar-refractivity contribution is 6.14. The number of hydrogen-bond donors (Lipinski definition) is 0. The van der Waals surface area contributed by atoms with Crippen molar-refractivity contribution in [3.8, 4) is 0 Å². The van der Waals surface area contributed by atoms with Gasteiger partial charge in [0.25, 0.3) is 5.69 Å². The highest BCUT2D eigenvalue weighted by Crippen LogP contribution is 2.26. The molecule has 0 aliphatic carbocycles. The lowest BCUT2D eigenvalue weighted by molar-refractivity contribution is -0.384. The maximum atomic E-state index is 10.7. The van der Waals surface area contributed by atoms with E-state index in [0.717, 1.165) is 21.9 Å². The van der Waals surface area contributed by atoms with E-state index in [1.165, 1.54) is 12.1 Å². The van der Waals surface area contributed by atoms with E-state index >= 15 is 0 Å². The van der Waals surface area contributed by atoms with Crippen molar-refractivity contribution in [1.29, 1.82) is 0 Å². The molecule has 0 saturated heterocycles. The molecule has 0 heterocycles. The van der Waals surface area contributed by atoms with Gasteiger partial charge in [0.1, 0.15) is 0 Å². The molecule has 100 valence electrons. The maximum Gasteiger partial charge on any atom is 0.269 e. The number of nitro benzene ring substituents is 1. The number of nitrogens with zero attached hydrogens (tertiary/aromatic N) is 1. The van der Waals surface area contributed by atoms with Crippen molar-refractivity contribution in [3.63, 3.8) is 0 Å². The SMILES string of the molecule is [B]C(c1ccc([N+](=O)[O-])cc1)c1ccc2ccccc2c1. The van der Waals surface area contributed by atoms with Crippen LogP contribution in [0, 0.1) is 10.1 Å². The van der Waals surface area contributed by atoms with Crippen LogP contribution >= 0.6 is 0 Å². The first kappa shape index (κ1) is 13.4. The van der Waals surface area contributed by atoms with E-state index in [1.54, 1.807) is 12.1 Å². The second-order valence-corrected chi connectivity index (χ2v) is 4.93. The van der Waals surface area contributed by atoms with Crippen molar-refractivity contribution in [3.05, 3.63) is 88.0 Å². The second kappa shape index (κ2) is 5.41. The molecule has 3 nitrogen and oxygen atoms in total. The Balaban J connectivity index is 1.95. The molecular weight excluding hydrogens is 261 g/mol. The lowest BCUT2D eigenvalue weighted by Gasteiger charge is -2.13. The zero-order chi connectivity index (χ0) is 14.8. The molecule has 0 fully saturated rings. The molecule has 0 aromatic heterocycles. The number of rotatable bonds is 3. The fourth-order valence-electron chi connectivity index (χ4n) is 2.40. The van der Waals surface area contributed by atoms with Crippen LogP contribution in [0.5, 0.6) is 0 Å². The van der Waals surface area contributed by atoms with Gasteiger partial charge in [-0.1, -0.05) is 54.6 Å². The minimum atomic E-state index is -0.411. The molecule has 0 bridgehead atoms. The van der Waals surface area contributed by atoms with Crippen molar-refractivity contribution in [2.45, 2.75) is 5.82 Å². The first-order valence-electron chi connectivity index (χ1n) is 6.64. The minimum absolute atomic E-state index is 0.0736. The Morgan fingerprint density at radius 1 is 0.857 bits per heavy atom. The molecule has 1 atom stereocenters. The molecule has 0 spiro atoms. The van der Waals surface area contributed by atoms with Crippen LogP contribution in [-0.4, -0.2) is 12.8 Å². The van der Waals surface area contributed by atoms with E-state index in [0.29, 0.717) is 0 Å². The molecule has 21 heavy (non-hydrogen) atoms. The first-order valence-corrected chi connectivity index (χ1v) is 6.64. The summed E-state index contributed by atoms with van der Waals surface area (Å²) in [5, 5.41) is 13.0. The van der Waals surface area contributed by atoms with Crippen LogP contribution in [0.2, 0.25) is 0 Å². The number of non-ortho nitro benzene ring substituents is 1. The summed E-state index contributed by atoms with van der Waals surface area (Å²) in [5.41, 5.74) is 1.92. The second-order valence-electron chi connectivity index (χ2n) is 4.93. The molecule has 3 aromatic carbocycles. The lowest BCUT2D eigenvalue weighted by Crippen LogP contribution is -2.00. The Labute approximate surface area is 123 Å². The number of hydrogen-bond acceptors (Lipinski definition) is 2. The van der Waals surface area contributed by atoms with Gasteiger partial charge in [-0.25, -0.2) is 0 Å². The monoisotopic (exact) mass is 273 g/mol. The predicted octanol–water partition coefficient (Wildman–Crippen LogP) is 4.01. The van der Waals surface area contributed by atoms with Crippen molar-refractivity contribution in [2.24, 2.45) is 0 Å². The Morgan fingerprint density at radius 3 is 2.14 bits per heavy atom. The average Bonchev–Trinajstić information content (AvgIpc) is 2.54. The first-order chi connectivity index (χ1) is 10.1. The van der Waals surface area contributed by atoms with Crippen LogP contribution in [0.15, 0.2) is 66.7 Å². The van der Waals surface area contributed by atoms with Crippen LogP contribution in [0.4, 0.5) is 5.69 Å². The number of nitro groups is 1. The molecule has 0 aliphatic heterocycles. The van der Waals surface area contributed by atoms with Crippen LogP contribution in [0.25, 0.3) is 10.8 Å². The van der Waals surface area contributed by atoms with Crippen LogP contribution in [0.3, 0.4) is 0 Å². The van der Waals surface area contributed by atoms with Gasteiger partial charge >= 0.3 is 0 Å². The number of benzene rings is 3. The van der Waals surface area contributed by atoms with E-state index in [-0.39, 0.29) is 11.5 Å². The summed E-state index contributed by atoms with van der Waals surface area (Å²) in [6.45, 7) is 0. The molecule has 2 radical (unpaired) electrons. The van der Waals surface area contributed by atoms with Gasteiger partial charge in [0, 0.05) is 12.1 Å². The molecule has 0 aliphatic rings. The topological polar surface area (TPSA) is 43.1 Å². The number of fused-ring (bicyclic) bond motifs is 1. The van der Waals surface area contributed by atoms with Gasteiger partial charge < -0.3 is 0 Å². The molecular formula is C17H12BNO2. The smallest absolute Gasteiger partial charge is 0.258 e. The van der Waals surface area contributed by atoms with Crippen LogP contribution < -0.4 is 0 Å². The third-order valence-corrected chi connectivity index (χ3v) is 3.60. The van der Waals surface area contributed by atoms with Crippen molar-refractivity contribution >= 4 is 24.3 Å². The summed E-state index contributed by atoms with van der Waals surface area (Å²) < 4.78 is 0. The highest BCUT2D eigenvalue weighted by Gasteiger charge is 2.11. The average molecular weight is 273 g/mol.